The number of rotatable bonds is 5. The predicted molar refractivity (Wildman–Crippen MR) is 90.0 cm³/mol. The maximum atomic E-state index is 12.2. The number of imide groups is 1. The van der Waals surface area contributed by atoms with Crippen LogP contribution in [0.1, 0.15) is 19.4 Å². The second kappa shape index (κ2) is 8.64. The van der Waals surface area contributed by atoms with E-state index in [1.807, 2.05) is 37.3 Å². The normalized spacial score (nSPS) is 17.5. The molecule has 3 amide bonds. The summed E-state index contributed by atoms with van der Waals surface area (Å²) < 4.78 is 0. The van der Waals surface area contributed by atoms with Crippen molar-refractivity contribution in [1.82, 2.24) is 20.4 Å². The van der Waals surface area contributed by atoms with Crippen LogP contribution >= 0.6 is 0 Å². The van der Waals surface area contributed by atoms with E-state index >= 15 is 0 Å². The van der Waals surface area contributed by atoms with Gasteiger partial charge in [0.25, 0.3) is 0 Å². The third-order valence-electron chi connectivity index (χ3n) is 4.31. The van der Waals surface area contributed by atoms with Crippen molar-refractivity contribution in [2.45, 2.75) is 26.4 Å². The van der Waals surface area contributed by atoms with Gasteiger partial charge < -0.3 is 10.2 Å². The van der Waals surface area contributed by atoms with Gasteiger partial charge in [-0.3, -0.25) is 15.0 Å². The first-order chi connectivity index (χ1) is 11.1. The number of nitrogens with zero attached hydrogens (tertiary/aromatic N) is 2. The predicted octanol–water partition coefficient (Wildman–Crippen LogP) is 1.04. The first-order valence-corrected chi connectivity index (χ1v) is 8.19. The van der Waals surface area contributed by atoms with Gasteiger partial charge in [-0.05, 0) is 19.0 Å². The van der Waals surface area contributed by atoms with Crippen LogP contribution in [-0.2, 0) is 11.3 Å². The monoisotopic (exact) mass is 318 g/mol. The fourth-order valence-electron chi connectivity index (χ4n) is 2.67. The van der Waals surface area contributed by atoms with Gasteiger partial charge >= 0.3 is 6.03 Å². The van der Waals surface area contributed by atoms with Crippen molar-refractivity contribution in [3.8, 4) is 0 Å². The second-order valence-electron chi connectivity index (χ2n) is 5.80. The smallest absolute Gasteiger partial charge is 0.321 e. The molecule has 1 aliphatic heterocycles. The molecule has 6 nitrogen and oxygen atoms in total. The minimum absolute atomic E-state index is 0.250. The molecule has 0 aliphatic carbocycles. The molecule has 1 heterocycles. The van der Waals surface area contributed by atoms with E-state index in [0.29, 0.717) is 6.54 Å². The molecule has 6 heteroatoms. The molecular formula is C17H26N4O2. The van der Waals surface area contributed by atoms with Crippen molar-refractivity contribution >= 4 is 11.9 Å². The maximum Gasteiger partial charge on any atom is 0.321 e. The van der Waals surface area contributed by atoms with Crippen molar-refractivity contribution < 1.29 is 9.59 Å². The molecule has 126 valence electrons. The van der Waals surface area contributed by atoms with Crippen LogP contribution in [0.25, 0.3) is 0 Å². The third-order valence-corrected chi connectivity index (χ3v) is 4.31. The summed E-state index contributed by atoms with van der Waals surface area (Å²) in [5, 5.41) is 5.13. The molecule has 2 N–H and O–H groups in total. The van der Waals surface area contributed by atoms with Gasteiger partial charge in [-0.25, -0.2) is 4.79 Å². The molecule has 1 atom stereocenters. The Balaban J connectivity index is 1.73. The highest BCUT2D eigenvalue weighted by Crippen LogP contribution is 2.06. The van der Waals surface area contributed by atoms with Gasteiger partial charge in [0, 0.05) is 32.7 Å². The minimum atomic E-state index is -0.446. The van der Waals surface area contributed by atoms with E-state index in [9.17, 15) is 9.59 Å². The number of hydrogen-bond donors (Lipinski definition) is 2. The fraction of sp³-hybridized carbons (Fsp3) is 0.529. The minimum Gasteiger partial charge on any atom is -0.334 e. The Morgan fingerprint density at radius 2 is 1.78 bits per heavy atom. The number of piperazine rings is 1. The zero-order valence-corrected chi connectivity index (χ0v) is 13.9. The topological polar surface area (TPSA) is 64.7 Å². The number of carbonyl (C=O) groups is 2. The summed E-state index contributed by atoms with van der Waals surface area (Å²) in [6.07, 6.45) is 0. The first kappa shape index (κ1) is 17.4. The Labute approximate surface area is 137 Å². The molecule has 0 bridgehead atoms. The van der Waals surface area contributed by atoms with E-state index in [2.05, 4.69) is 27.4 Å². The Morgan fingerprint density at radius 3 is 2.39 bits per heavy atom. The molecule has 0 radical (unpaired) electrons. The summed E-state index contributed by atoms with van der Waals surface area (Å²) >= 11 is 0. The summed E-state index contributed by atoms with van der Waals surface area (Å²) in [4.78, 5) is 28.5. The van der Waals surface area contributed by atoms with Gasteiger partial charge in [0.15, 0.2) is 0 Å². The molecule has 1 aliphatic rings. The number of likely N-dealkylation sites (N-methyl/N-ethyl adjacent to an activating group) is 1. The molecule has 0 spiro atoms. The Hall–Kier alpha value is -1.92. The summed E-state index contributed by atoms with van der Waals surface area (Å²) in [6.45, 7) is 9.08. The number of nitrogens with one attached hydrogen (secondary N) is 2. The van der Waals surface area contributed by atoms with Crippen LogP contribution in [0, 0.1) is 0 Å². The Morgan fingerprint density at radius 1 is 1.13 bits per heavy atom. The lowest BCUT2D eigenvalue weighted by Crippen LogP contribution is -2.55. The number of benzene rings is 1. The lowest BCUT2D eigenvalue weighted by atomic mass is 10.2. The molecule has 23 heavy (non-hydrogen) atoms. The molecule has 0 aromatic heterocycles. The Bertz CT molecular complexity index is 513. The highest BCUT2D eigenvalue weighted by atomic mass is 16.2. The van der Waals surface area contributed by atoms with Crippen LogP contribution in [0.4, 0.5) is 4.79 Å². The number of urea groups is 1. The summed E-state index contributed by atoms with van der Waals surface area (Å²) in [7, 11) is 0. The highest BCUT2D eigenvalue weighted by Gasteiger charge is 2.25. The van der Waals surface area contributed by atoms with Crippen LogP contribution in [0.5, 0.6) is 0 Å². The van der Waals surface area contributed by atoms with Crippen LogP contribution in [0.2, 0.25) is 0 Å². The SMILES string of the molecule is CCN1CCN(C(C)C(=O)NC(=O)NCc2ccccc2)CC1. The zero-order chi connectivity index (χ0) is 16.7. The first-order valence-electron chi connectivity index (χ1n) is 8.19. The lowest BCUT2D eigenvalue weighted by molar-refractivity contribution is -0.125. The van der Waals surface area contributed by atoms with Gasteiger partial charge in [0.05, 0.1) is 6.04 Å². The number of amides is 3. The zero-order valence-electron chi connectivity index (χ0n) is 13.9. The van der Waals surface area contributed by atoms with Crippen molar-refractivity contribution in [1.29, 1.82) is 0 Å². The molecule has 1 aromatic rings. The van der Waals surface area contributed by atoms with Crippen LogP contribution < -0.4 is 10.6 Å². The lowest BCUT2D eigenvalue weighted by Gasteiger charge is -2.36. The quantitative estimate of drug-likeness (QED) is 0.851. The average Bonchev–Trinajstić information content (AvgIpc) is 2.60. The van der Waals surface area contributed by atoms with Gasteiger partial charge in [0.2, 0.25) is 5.91 Å². The van der Waals surface area contributed by atoms with Crippen molar-refractivity contribution in [3.05, 3.63) is 35.9 Å². The largest absolute Gasteiger partial charge is 0.334 e. The van der Waals surface area contributed by atoms with Crippen LogP contribution in [0.15, 0.2) is 30.3 Å². The third kappa shape index (κ3) is 5.33. The fourth-order valence-corrected chi connectivity index (χ4v) is 2.67. The molecule has 1 unspecified atom stereocenters. The van der Waals surface area contributed by atoms with Gasteiger partial charge in [0.1, 0.15) is 0 Å². The summed E-state index contributed by atoms with van der Waals surface area (Å²) in [5.74, 6) is -0.250. The number of carbonyl (C=O) groups excluding carboxylic acids is 2. The van der Waals surface area contributed by atoms with E-state index in [1.54, 1.807) is 0 Å². The van der Waals surface area contributed by atoms with E-state index in [0.717, 1.165) is 38.3 Å². The maximum absolute atomic E-state index is 12.2. The van der Waals surface area contributed by atoms with Crippen molar-refractivity contribution in [2.24, 2.45) is 0 Å². The summed E-state index contributed by atoms with van der Waals surface area (Å²) in [6, 6.07) is 8.87. The second-order valence-corrected chi connectivity index (χ2v) is 5.80. The van der Waals surface area contributed by atoms with Gasteiger partial charge in [-0.1, -0.05) is 37.3 Å². The number of hydrogen-bond acceptors (Lipinski definition) is 4. The van der Waals surface area contributed by atoms with E-state index in [4.69, 9.17) is 0 Å². The van der Waals surface area contributed by atoms with Crippen LogP contribution in [0.3, 0.4) is 0 Å². The molecule has 1 saturated heterocycles. The van der Waals surface area contributed by atoms with Crippen molar-refractivity contribution in [3.63, 3.8) is 0 Å². The molecular weight excluding hydrogens is 292 g/mol. The molecule has 1 fully saturated rings. The molecule has 1 aromatic carbocycles. The average molecular weight is 318 g/mol. The van der Waals surface area contributed by atoms with Gasteiger partial charge in [-0.15, -0.1) is 0 Å². The summed E-state index contributed by atoms with van der Waals surface area (Å²) in [5.41, 5.74) is 0.999. The Kier molecular flexibility index (Phi) is 6.55. The van der Waals surface area contributed by atoms with Crippen molar-refractivity contribution in [2.75, 3.05) is 32.7 Å². The molecule has 2 rings (SSSR count). The van der Waals surface area contributed by atoms with E-state index in [-0.39, 0.29) is 11.9 Å². The molecule has 0 saturated carbocycles. The van der Waals surface area contributed by atoms with E-state index < -0.39 is 6.03 Å². The standard InChI is InChI=1S/C17H26N4O2/c1-3-20-9-11-21(12-10-20)14(2)16(22)19-17(23)18-13-15-7-5-4-6-8-15/h4-8,14H,3,9-13H2,1-2H3,(H2,18,19,22,23). The highest BCUT2D eigenvalue weighted by molar-refractivity contribution is 5.96. The van der Waals surface area contributed by atoms with Crippen LogP contribution in [-0.4, -0.2) is 60.5 Å². The van der Waals surface area contributed by atoms with Gasteiger partial charge in [-0.2, -0.15) is 0 Å². The van der Waals surface area contributed by atoms with E-state index in [1.165, 1.54) is 0 Å².